The summed E-state index contributed by atoms with van der Waals surface area (Å²) < 4.78 is 0. The number of nitrogens with zero attached hydrogens (tertiary/aromatic N) is 1. The van der Waals surface area contributed by atoms with E-state index in [0.717, 1.165) is 17.6 Å². The Hall–Kier alpha value is -0.540. The Morgan fingerprint density at radius 3 is 2.93 bits per heavy atom. The second kappa shape index (κ2) is 6.04. The van der Waals surface area contributed by atoms with E-state index < -0.39 is 0 Å². The molecule has 1 aliphatic rings. The molecule has 1 rings (SSSR count). The molecule has 0 N–H and O–H groups in total. The standard InChI is InChI=1S/C9H11Cl2NO2/c10-4-7-1-8(5-11)3-9(2-7)6-14-12-13/h2-3,7H,1,4-6H2. The number of hydrogen-bond acceptors (Lipinski definition) is 3. The highest BCUT2D eigenvalue weighted by molar-refractivity contribution is 6.19. The monoisotopic (exact) mass is 235 g/mol. The second-order valence-electron chi connectivity index (χ2n) is 3.14. The van der Waals surface area contributed by atoms with Gasteiger partial charge in [0.15, 0.2) is 5.34 Å². The van der Waals surface area contributed by atoms with E-state index in [-0.39, 0.29) is 12.5 Å². The molecule has 0 aromatic heterocycles. The van der Waals surface area contributed by atoms with E-state index in [1.807, 2.05) is 12.2 Å². The fourth-order valence-corrected chi connectivity index (χ4v) is 1.84. The van der Waals surface area contributed by atoms with Crippen LogP contribution in [-0.4, -0.2) is 18.4 Å². The predicted octanol–water partition coefficient (Wildman–Crippen LogP) is 3.03. The summed E-state index contributed by atoms with van der Waals surface area (Å²) in [6.07, 6.45) is 4.81. The fourth-order valence-electron chi connectivity index (χ4n) is 1.45. The quantitative estimate of drug-likeness (QED) is 0.418. The van der Waals surface area contributed by atoms with E-state index in [4.69, 9.17) is 23.2 Å². The molecular weight excluding hydrogens is 225 g/mol. The molecular formula is C9H11Cl2NO2. The minimum Gasteiger partial charge on any atom is -0.359 e. The molecule has 0 radical (unpaired) electrons. The summed E-state index contributed by atoms with van der Waals surface area (Å²) in [6, 6.07) is 0. The van der Waals surface area contributed by atoms with Crippen LogP contribution in [0.3, 0.4) is 0 Å². The highest BCUT2D eigenvalue weighted by atomic mass is 35.5. The van der Waals surface area contributed by atoms with Crippen molar-refractivity contribution < 1.29 is 4.84 Å². The number of allylic oxidation sites excluding steroid dienone is 2. The molecule has 78 valence electrons. The van der Waals surface area contributed by atoms with Gasteiger partial charge in [0.25, 0.3) is 0 Å². The number of halogens is 2. The van der Waals surface area contributed by atoms with Gasteiger partial charge in [-0.3, -0.25) is 0 Å². The van der Waals surface area contributed by atoms with Crippen molar-refractivity contribution in [3.63, 3.8) is 0 Å². The molecule has 0 aromatic carbocycles. The van der Waals surface area contributed by atoms with Gasteiger partial charge in [0.2, 0.25) is 0 Å². The summed E-state index contributed by atoms with van der Waals surface area (Å²) in [5.74, 6) is 1.31. The Morgan fingerprint density at radius 1 is 1.57 bits per heavy atom. The Kier molecular flexibility index (Phi) is 4.98. The molecule has 5 heteroatoms. The van der Waals surface area contributed by atoms with Crippen LogP contribution < -0.4 is 0 Å². The average molecular weight is 236 g/mol. The lowest BCUT2D eigenvalue weighted by atomic mass is 9.92. The molecule has 0 saturated carbocycles. The topological polar surface area (TPSA) is 38.7 Å². The van der Waals surface area contributed by atoms with Crippen molar-refractivity contribution >= 4 is 23.2 Å². The van der Waals surface area contributed by atoms with Gasteiger partial charge in [0.05, 0.1) is 0 Å². The van der Waals surface area contributed by atoms with E-state index in [0.29, 0.717) is 11.8 Å². The van der Waals surface area contributed by atoms with E-state index in [9.17, 15) is 4.91 Å². The molecule has 0 saturated heterocycles. The summed E-state index contributed by atoms with van der Waals surface area (Å²) in [7, 11) is 0. The Labute approximate surface area is 92.6 Å². The molecule has 3 nitrogen and oxygen atoms in total. The summed E-state index contributed by atoms with van der Waals surface area (Å²) in [4.78, 5) is 14.2. The van der Waals surface area contributed by atoms with Gasteiger partial charge in [-0.25, -0.2) is 0 Å². The third-order valence-electron chi connectivity index (χ3n) is 2.02. The molecule has 1 atom stereocenters. The van der Waals surface area contributed by atoms with Crippen LogP contribution >= 0.6 is 23.2 Å². The van der Waals surface area contributed by atoms with Gasteiger partial charge in [-0.1, -0.05) is 17.7 Å². The van der Waals surface area contributed by atoms with Crippen molar-refractivity contribution in [1.82, 2.24) is 0 Å². The van der Waals surface area contributed by atoms with Crippen LogP contribution in [-0.2, 0) is 4.84 Å². The van der Waals surface area contributed by atoms with Crippen LogP contribution in [0.5, 0.6) is 0 Å². The molecule has 14 heavy (non-hydrogen) atoms. The molecule has 0 heterocycles. The highest BCUT2D eigenvalue weighted by Crippen LogP contribution is 2.24. The lowest BCUT2D eigenvalue weighted by Crippen LogP contribution is -2.09. The van der Waals surface area contributed by atoms with Crippen LogP contribution in [0, 0.1) is 10.8 Å². The van der Waals surface area contributed by atoms with Gasteiger partial charge >= 0.3 is 0 Å². The van der Waals surface area contributed by atoms with E-state index in [2.05, 4.69) is 10.2 Å². The Balaban J connectivity index is 2.64. The maximum atomic E-state index is 9.78. The minimum atomic E-state index is 0.192. The first-order valence-corrected chi connectivity index (χ1v) is 5.33. The van der Waals surface area contributed by atoms with Crippen molar-refractivity contribution in [2.45, 2.75) is 6.42 Å². The summed E-state index contributed by atoms with van der Waals surface area (Å²) in [6.45, 7) is 0.192. The van der Waals surface area contributed by atoms with Crippen LogP contribution in [0.25, 0.3) is 0 Å². The molecule has 0 bridgehead atoms. The molecule has 0 aliphatic heterocycles. The molecule has 0 aromatic rings. The van der Waals surface area contributed by atoms with Gasteiger partial charge in [0, 0.05) is 11.8 Å². The number of rotatable bonds is 5. The van der Waals surface area contributed by atoms with E-state index >= 15 is 0 Å². The van der Waals surface area contributed by atoms with Crippen LogP contribution in [0.2, 0.25) is 0 Å². The van der Waals surface area contributed by atoms with Crippen molar-refractivity contribution in [1.29, 1.82) is 0 Å². The van der Waals surface area contributed by atoms with Crippen LogP contribution in [0.4, 0.5) is 0 Å². The third-order valence-corrected chi connectivity index (χ3v) is 2.76. The molecule has 0 fully saturated rings. The van der Waals surface area contributed by atoms with E-state index in [1.165, 1.54) is 0 Å². The maximum absolute atomic E-state index is 9.78. The summed E-state index contributed by atoms with van der Waals surface area (Å²) in [5.41, 5.74) is 2.03. The second-order valence-corrected chi connectivity index (χ2v) is 3.72. The zero-order valence-electron chi connectivity index (χ0n) is 7.58. The molecule has 0 spiro atoms. The van der Waals surface area contributed by atoms with Gasteiger partial charge in [-0.15, -0.1) is 28.1 Å². The van der Waals surface area contributed by atoms with Crippen LogP contribution in [0.1, 0.15) is 6.42 Å². The fraction of sp³-hybridized carbons (Fsp3) is 0.556. The minimum absolute atomic E-state index is 0.192. The lowest BCUT2D eigenvalue weighted by Gasteiger charge is -2.17. The van der Waals surface area contributed by atoms with Crippen LogP contribution in [0.15, 0.2) is 28.6 Å². The summed E-state index contributed by atoms with van der Waals surface area (Å²) in [5, 5.41) is 2.35. The van der Waals surface area contributed by atoms with Gasteiger partial charge < -0.3 is 4.84 Å². The Morgan fingerprint density at radius 2 is 2.36 bits per heavy atom. The first-order chi connectivity index (χ1) is 6.80. The maximum Gasteiger partial charge on any atom is 0.155 e. The molecule has 1 aliphatic carbocycles. The largest absolute Gasteiger partial charge is 0.359 e. The van der Waals surface area contributed by atoms with E-state index in [1.54, 1.807) is 0 Å². The normalized spacial score (nSPS) is 21.1. The highest BCUT2D eigenvalue weighted by Gasteiger charge is 2.14. The smallest absolute Gasteiger partial charge is 0.155 e. The average Bonchev–Trinajstić information content (AvgIpc) is 2.25. The zero-order chi connectivity index (χ0) is 10.4. The molecule has 0 amide bonds. The molecule has 1 unspecified atom stereocenters. The first-order valence-electron chi connectivity index (χ1n) is 4.26. The number of hydrogen-bond donors (Lipinski definition) is 0. The Bertz CT molecular complexity index is 264. The number of alkyl halides is 2. The SMILES string of the molecule is O=NOCC1=CC(CCl)CC(CCl)=C1. The third kappa shape index (κ3) is 3.31. The van der Waals surface area contributed by atoms with Gasteiger partial charge in [-0.05, 0) is 17.9 Å². The van der Waals surface area contributed by atoms with Crippen molar-refractivity contribution in [2.24, 2.45) is 11.3 Å². The zero-order valence-corrected chi connectivity index (χ0v) is 9.09. The van der Waals surface area contributed by atoms with Crippen molar-refractivity contribution in [3.05, 3.63) is 28.2 Å². The van der Waals surface area contributed by atoms with Crippen molar-refractivity contribution in [3.8, 4) is 0 Å². The summed E-state index contributed by atoms with van der Waals surface area (Å²) >= 11 is 11.5. The van der Waals surface area contributed by atoms with Gasteiger partial charge in [0.1, 0.15) is 6.61 Å². The lowest BCUT2D eigenvalue weighted by molar-refractivity contribution is 0.164. The van der Waals surface area contributed by atoms with Crippen molar-refractivity contribution in [2.75, 3.05) is 18.4 Å². The predicted molar refractivity (Wildman–Crippen MR) is 57.5 cm³/mol. The first kappa shape index (κ1) is 11.5. The van der Waals surface area contributed by atoms with Gasteiger partial charge in [-0.2, -0.15) is 0 Å².